The van der Waals surface area contributed by atoms with E-state index < -0.39 is 5.50 Å². The van der Waals surface area contributed by atoms with E-state index in [0.717, 1.165) is 7.48 Å². The molecule has 0 aliphatic carbocycles. The van der Waals surface area contributed by atoms with E-state index in [1.165, 1.54) is 0 Å². The highest BCUT2D eigenvalue weighted by Crippen LogP contribution is 2.02. The molecule has 3 heteroatoms. The van der Waals surface area contributed by atoms with E-state index in [1.807, 2.05) is 0 Å². The Morgan fingerprint density at radius 2 is 2.14 bits per heavy atom. The molecule has 1 unspecified atom stereocenters. The van der Waals surface area contributed by atoms with Crippen LogP contribution in [0, 0.1) is 0 Å². The minimum Gasteiger partial charge on any atom is -0.452 e. The Balaban J connectivity index is 3.36. The lowest BCUT2D eigenvalue weighted by molar-refractivity contribution is 0.127. The lowest BCUT2D eigenvalue weighted by atomic mass is 9.75. The monoisotopic (exact) mass is 101 g/mol. The van der Waals surface area contributed by atoms with Crippen LogP contribution in [0.1, 0.15) is 20.3 Å². The number of hydrogen-bond acceptors (Lipinski definition) is 2. The third-order valence-corrected chi connectivity index (χ3v) is 0.994. The largest absolute Gasteiger partial charge is 0.452 e. The summed E-state index contributed by atoms with van der Waals surface area (Å²) in [7, 11) is 0.799. The molecule has 0 aromatic heterocycles. The minimum absolute atomic E-state index is 0.545. The van der Waals surface area contributed by atoms with Gasteiger partial charge in [-0.25, -0.2) is 0 Å². The summed E-state index contributed by atoms with van der Waals surface area (Å²) in [5.74, 6) is 0. The molecule has 0 fully saturated rings. The van der Waals surface area contributed by atoms with Crippen LogP contribution in [-0.4, -0.2) is 23.1 Å². The van der Waals surface area contributed by atoms with E-state index in [-0.39, 0.29) is 0 Å². The Hall–Kier alpha value is -0.0151. The molecule has 0 saturated carbocycles. The molecule has 0 spiro atoms. The molecule has 1 atom stereocenters. The molecule has 7 heavy (non-hydrogen) atoms. The van der Waals surface area contributed by atoms with Gasteiger partial charge in [0.2, 0.25) is 0 Å². The molecule has 2 nitrogen and oxygen atoms in total. The predicted octanol–water partition coefficient (Wildman–Crippen LogP) is -0.284. The summed E-state index contributed by atoms with van der Waals surface area (Å²) in [5.41, 5.74) is -0.986. The average molecular weight is 101 g/mol. The molecule has 0 bridgehead atoms. The van der Waals surface area contributed by atoms with Gasteiger partial charge in [-0.1, -0.05) is 6.92 Å². The molecule has 0 aliphatic heterocycles. The molecular formula is C4H10BO2. The highest BCUT2D eigenvalue weighted by atomic mass is 16.3. The highest BCUT2D eigenvalue weighted by Gasteiger charge is 2.17. The number of aliphatic hydroxyl groups is 1. The van der Waals surface area contributed by atoms with Crippen molar-refractivity contribution in [2.24, 2.45) is 0 Å². The van der Waals surface area contributed by atoms with Crippen molar-refractivity contribution >= 4 is 7.48 Å². The van der Waals surface area contributed by atoms with Crippen LogP contribution in [0.5, 0.6) is 0 Å². The number of hydrogen-bond donors (Lipinski definition) is 2. The number of rotatable bonds is 2. The van der Waals surface area contributed by atoms with E-state index in [0.29, 0.717) is 6.42 Å². The zero-order valence-electron chi connectivity index (χ0n) is 4.68. The second-order valence-corrected chi connectivity index (χ2v) is 1.84. The Morgan fingerprint density at radius 1 is 1.71 bits per heavy atom. The van der Waals surface area contributed by atoms with Gasteiger partial charge < -0.3 is 10.1 Å². The fraction of sp³-hybridized carbons (Fsp3) is 1.00. The van der Waals surface area contributed by atoms with Crippen molar-refractivity contribution in [1.29, 1.82) is 0 Å². The van der Waals surface area contributed by atoms with Crippen molar-refractivity contribution in [2.45, 2.75) is 25.8 Å². The Bertz CT molecular complexity index is 47.7. The van der Waals surface area contributed by atoms with Crippen LogP contribution < -0.4 is 0 Å². The third kappa shape index (κ3) is 2.65. The SMILES string of the molecule is CCC(C)(O)[B]O. The van der Waals surface area contributed by atoms with Gasteiger partial charge in [-0.2, -0.15) is 0 Å². The van der Waals surface area contributed by atoms with Crippen LogP contribution in [-0.2, 0) is 0 Å². The van der Waals surface area contributed by atoms with Crippen molar-refractivity contribution in [3.8, 4) is 0 Å². The molecular weight excluding hydrogens is 90.9 g/mol. The van der Waals surface area contributed by atoms with Gasteiger partial charge in [-0.05, 0) is 13.3 Å². The van der Waals surface area contributed by atoms with Crippen LogP contribution in [0.25, 0.3) is 0 Å². The van der Waals surface area contributed by atoms with E-state index in [4.69, 9.17) is 10.1 Å². The second kappa shape index (κ2) is 2.33. The minimum atomic E-state index is -0.986. The first-order chi connectivity index (χ1) is 3.12. The van der Waals surface area contributed by atoms with Gasteiger partial charge in [0.15, 0.2) is 0 Å². The average Bonchev–Trinajstić information content (AvgIpc) is 1.68. The summed E-state index contributed by atoms with van der Waals surface area (Å²) in [6, 6.07) is 0. The molecule has 0 aromatic rings. The Morgan fingerprint density at radius 3 is 2.14 bits per heavy atom. The molecule has 0 heterocycles. The van der Waals surface area contributed by atoms with Gasteiger partial charge in [0.25, 0.3) is 0 Å². The fourth-order valence-electron chi connectivity index (χ4n) is 0.0913. The van der Waals surface area contributed by atoms with Crippen LogP contribution in [0.2, 0.25) is 0 Å². The van der Waals surface area contributed by atoms with Gasteiger partial charge in [0.1, 0.15) is 0 Å². The Kier molecular flexibility index (Phi) is 2.33. The normalized spacial score (nSPS) is 18.3. The lowest BCUT2D eigenvalue weighted by Crippen LogP contribution is -2.30. The maximum Gasteiger partial charge on any atom is 0.323 e. The molecule has 0 aromatic carbocycles. The highest BCUT2D eigenvalue weighted by molar-refractivity contribution is 6.29. The van der Waals surface area contributed by atoms with Crippen LogP contribution in [0.4, 0.5) is 0 Å². The van der Waals surface area contributed by atoms with Crippen molar-refractivity contribution in [1.82, 2.24) is 0 Å². The van der Waals surface area contributed by atoms with Crippen molar-refractivity contribution < 1.29 is 10.1 Å². The summed E-state index contributed by atoms with van der Waals surface area (Å²) in [6.45, 7) is 3.35. The lowest BCUT2D eigenvalue weighted by Gasteiger charge is -2.14. The first-order valence-corrected chi connectivity index (χ1v) is 2.33. The van der Waals surface area contributed by atoms with Crippen molar-refractivity contribution in [3.05, 3.63) is 0 Å². The maximum absolute atomic E-state index is 8.83. The topological polar surface area (TPSA) is 40.5 Å². The molecule has 0 amide bonds. The zero-order chi connectivity index (χ0) is 5.91. The van der Waals surface area contributed by atoms with E-state index in [9.17, 15) is 0 Å². The van der Waals surface area contributed by atoms with E-state index in [2.05, 4.69) is 0 Å². The fourth-order valence-corrected chi connectivity index (χ4v) is 0.0913. The van der Waals surface area contributed by atoms with Gasteiger partial charge in [-0.3, -0.25) is 0 Å². The first kappa shape index (κ1) is 6.98. The summed E-state index contributed by atoms with van der Waals surface area (Å²) in [4.78, 5) is 0. The summed E-state index contributed by atoms with van der Waals surface area (Å²) in [5, 5.41) is 17.0. The molecule has 41 valence electrons. The van der Waals surface area contributed by atoms with Gasteiger partial charge in [-0.15, -0.1) is 0 Å². The summed E-state index contributed by atoms with van der Waals surface area (Å²) >= 11 is 0. The molecule has 0 rings (SSSR count). The van der Waals surface area contributed by atoms with Gasteiger partial charge >= 0.3 is 7.48 Å². The van der Waals surface area contributed by atoms with Crippen molar-refractivity contribution in [3.63, 3.8) is 0 Å². The van der Waals surface area contributed by atoms with Crippen LogP contribution in [0.3, 0.4) is 0 Å². The zero-order valence-corrected chi connectivity index (χ0v) is 4.68. The van der Waals surface area contributed by atoms with Crippen LogP contribution >= 0.6 is 0 Å². The third-order valence-electron chi connectivity index (χ3n) is 0.994. The van der Waals surface area contributed by atoms with Crippen LogP contribution in [0.15, 0.2) is 0 Å². The quantitative estimate of drug-likeness (QED) is 0.469. The first-order valence-electron chi connectivity index (χ1n) is 2.33. The predicted molar refractivity (Wildman–Crippen MR) is 28.9 cm³/mol. The molecule has 1 radical (unpaired) electrons. The smallest absolute Gasteiger partial charge is 0.323 e. The standard InChI is InChI=1S/C4H10BO2/c1-3-4(2,6)5-7/h6-7H,3H2,1-2H3. The Labute approximate surface area is 44.4 Å². The van der Waals surface area contributed by atoms with E-state index in [1.54, 1.807) is 13.8 Å². The van der Waals surface area contributed by atoms with Gasteiger partial charge in [0.05, 0.1) is 5.50 Å². The molecule has 0 saturated heterocycles. The summed E-state index contributed by atoms with van der Waals surface area (Å²) < 4.78 is 0. The maximum atomic E-state index is 8.83. The molecule has 0 aliphatic rings. The summed E-state index contributed by atoms with van der Waals surface area (Å²) in [6.07, 6.45) is 0.545. The second-order valence-electron chi connectivity index (χ2n) is 1.84. The van der Waals surface area contributed by atoms with Gasteiger partial charge in [0, 0.05) is 0 Å². The van der Waals surface area contributed by atoms with E-state index >= 15 is 0 Å². The van der Waals surface area contributed by atoms with Crippen molar-refractivity contribution in [2.75, 3.05) is 0 Å². The molecule has 2 N–H and O–H groups in total.